The van der Waals surface area contributed by atoms with Crippen LogP contribution < -0.4 is 9.47 Å². The quantitative estimate of drug-likeness (QED) is 0.508. The van der Waals surface area contributed by atoms with Gasteiger partial charge in [-0.05, 0) is 53.3 Å². The summed E-state index contributed by atoms with van der Waals surface area (Å²) in [6.07, 6.45) is 1.90. The molecule has 3 aromatic rings. The standard InChI is InChI=1S/C27H26N2O5S/c30-25(29-11-9-28(10-12-29)15-18-5-8-22-23(13-18)34-17-33-22)16-32-27(31)24-14-20-7-6-19-3-1-2-4-21(19)26(20)35-24/h1-5,8,13-14H,6-7,9-12,15-17H2. The highest BCUT2D eigenvalue weighted by Gasteiger charge is 2.25. The highest BCUT2D eigenvalue weighted by molar-refractivity contribution is 7.17. The predicted molar refractivity (Wildman–Crippen MR) is 132 cm³/mol. The van der Waals surface area contributed by atoms with Gasteiger partial charge in [0, 0.05) is 37.6 Å². The molecule has 0 saturated carbocycles. The number of hydrogen-bond acceptors (Lipinski definition) is 7. The molecular formula is C27H26N2O5S. The summed E-state index contributed by atoms with van der Waals surface area (Å²) < 4.78 is 16.2. The van der Waals surface area contributed by atoms with Crippen molar-refractivity contribution in [1.82, 2.24) is 9.80 Å². The van der Waals surface area contributed by atoms with E-state index >= 15 is 0 Å². The Bertz CT molecular complexity index is 1280. The summed E-state index contributed by atoms with van der Waals surface area (Å²) in [7, 11) is 0. The van der Waals surface area contributed by atoms with Crippen LogP contribution in [0.1, 0.15) is 26.4 Å². The average molecular weight is 491 g/mol. The number of hydrogen-bond donors (Lipinski definition) is 0. The Morgan fingerprint density at radius 3 is 2.60 bits per heavy atom. The lowest BCUT2D eigenvalue weighted by Gasteiger charge is -2.34. The number of benzene rings is 2. The third-order valence-electron chi connectivity index (χ3n) is 6.83. The van der Waals surface area contributed by atoms with Crippen LogP contribution in [-0.2, 0) is 28.9 Å². The number of piperazine rings is 1. The van der Waals surface area contributed by atoms with Crippen LogP contribution >= 0.6 is 11.3 Å². The van der Waals surface area contributed by atoms with Gasteiger partial charge in [-0.25, -0.2) is 4.79 Å². The molecule has 0 N–H and O–H groups in total. The second-order valence-corrected chi connectivity index (χ2v) is 10.1. The molecule has 180 valence electrons. The van der Waals surface area contributed by atoms with E-state index in [4.69, 9.17) is 14.2 Å². The summed E-state index contributed by atoms with van der Waals surface area (Å²) in [5, 5.41) is 0. The molecule has 1 amide bonds. The fourth-order valence-electron chi connectivity index (χ4n) is 4.91. The highest BCUT2D eigenvalue weighted by Crippen LogP contribution is 2.39. The van der Waals surface area contributed by atoms with Crippen LogP contribution in [0.3, 0.4) is 0 Å². The van der Waals surface area contributed by atoms with Crippen molar-refractivity contribution in [3.05, 3.63) is 70.1 Å². The second kappa shape index (κ2) is 9.36. The van der Waals surface area contributed by atoms with E-state index in [1.54, 1.807) is 4.90 Å². The van der Waals surface area contributed by atoms with E-state index in [2.05, 4.69) is 23.1 Å². The molecule has 2 aromatic carbocycles. The maximum atomic E-state index is 12.7. The van der Waals surface area contributed by atoms with Gasteiger partial charge in [0.2, 0.25) is 6.79 Å². The number of ether oxygens (including phenoxy) is 3. The number of carbonyl (C=O) groups excluding carboxylic acids is 2. The molecule has 1 fully saturated rings. The Balaban J connectivity index is 0.999. The topological polar surface area (TPSA) is 68.3 Å². The van der Waals surface area contributed by atoms with Gasteiger partial charge in [-0.2, -0.15) is 0 Å². The van der Waals surface area contributed by atoms with Crippen molar-refractivity contribution in [3.8, 4) is 21.9 Å². The molecule has 3 aliphatic rings. The number of thiophene rings is 1. The molecule has 1 saturated heterocycles. The van der Waals surface area contributed by atoms with E-state index in [1.165, 1.54) is 28.0 Å². The molecule has 3 heterocycles. The van der Waals surface area contributed by atoms with Crippen LogP contribution in [-0.4, -0.2) is 61.3 Å². The van der Waals surface area contributed by atoms with Crippen molar-refractivity contribution in [2.75, 3.05) is 39.6 Å². The Labute approximate surface area is 207 Å². The van der Waals surface area contributed by atoms with Gasteiger partial charge in [0.15, 0.2) is 18.1 Å². The molecule has 0 atom stereocenters. The van der Waals surface area contributed by atoms with Gasteiger partial charge in [-0.3, -0.25) is 9.69 Å². The van der Waals surface area contributed by atoms with Gasteiger partial charge < -0.3 is 19.1 Å². The summed E-state index contributed by atoms with van der Waals surface area (Å²) in [6.45, 7) is 3.61. The molecular weight excluding hydrogens is 464 g/mol. The Morgan fingerprint density at radius 2 is 1.71 bits per heavy atom. The minimum atomic E-state index is -0.420. The molecule has 0 bridgehead atoms. The molecule has 8 heteroatoms. The monoisotopic (exact) mass is 490 g/mol. The Kier molecular flexibility index (Phi) is 5.91. The predicted octanol–water partition coefficient (Wildman–Crippen LogP) is 3.74. The Hall–Kier alpha value is -3.36. The summed E-state index contributed by atoms with van der Waals surface area (Å²) in [4.78, 5) is 31.2. The van der Waals surface area contributed by atoms with E-state index < -0.39 is 5.97 Å². The SMILES string of the molecule is O=C(OCC(=O)N1CCN(Cc2ccc3c(c2)OCO3)CC1)c1cc2c(s1)-c1ccccc1CC2. The van der Waals surface area contributed by atoms with Crippen molar-refractivity contribution in [2.45, 2.75) is 19.4 Å². The molecule has 35 heavy (non-hydrogen) atoms. The number of rotatable bonds is 5. The highest BCUT2D eigenvalue weighted by atomic mass is 32.1. The van der Waals surface area contributed by atoms with Crippen LogP contribution in [0.15, 0.2) is 48.5 Å². The fourth-order valence-corrected chi connectivity index (χ4v) is 6.08. The Morgan fingerprint density at radius 1 is 0.914 bits per heavy atom. The smallest absolute Gasteiger partial charge is 0.348 e. The van der Waals surface area contributed by atoms with Gasteiger partial charge in [-0.1, -0.05) is 30.3 Å². The van der Waals surface area contributed by atoms with E-state index in [0.717, 1.165) is 54.4 Å². The number of aryl methyl sites for hydroxylation is 2. The summed E-state index contributed by atoms with van der Waals surface area (Å²) in [6, 6.07) is 16.3. The normalized spacial score (nSPS) is 16.5. The zero-order valence-electron chi connectivity index (χ0n) is 19.3. The maximum Gasteiger partial charge on any atom is 0.348 e. The first-order chi connectivity index (χ1) is 17.1. The first kappa shape index (κ1) is 22.1. The number of carbonyl (C=O) groups is 2. The lowest BCUT2D eigenvalue weighted by atomic mass is 9.91. The molecule has 6 rings (SSSR count). The maximum absolute atomic E-state index is 12.7. The van der Waals surface area contributed by atoms with E-state index in [-0.39, 0.29) is 19.3 Å². The van der Waals surface area contributed by atoms with Gasteiger partial charge in [-0.15, -0.1) is 11.3 Å². The van der Waals surface area contributed by atoms with Gasteiger partial charge in [0.05, 0.1) is 0 Å². The minimum absolute atomic E-state index is 0.146. The first-order valence-corrected chi connectivity index (χ1v) is 12.7. The van der Waals surface area contributed by atoms with E-state index in [0.29, 0.717) is 18.0 Å². The van der Waals surface area contributed by atoms with Crippen molar-refractivity contribution in [1.29, 1.82) is 0 Å². The first-order valence-electron chi connectivity index (χ1n) is 11.9. The molecule has 1 aliphatic carbocycles. The van der Waals surface area contributed by atoms with E-state index in [9.17, 15) is 9.59 Å². The minimum Gasteiger partial charge on any atom is -0.454 e. The molecule has 1 aromatic heterocycles. The van der Waals surface area contributed by atoms with Gasteiger partial charge >= 0.3 is 5.97 Å². The number of amides is 1. The lowest BCUT2D eigenvalue weighted by Crippen LogP contribution is -2.49. The van der Waals surface area contributed by atoms with Gasteiger partial charge in [0.25, 0.3) is 5.91 Å². The summed E-state index contributed by atoms with van der Waals surface area (Å²) in [5.41, 5.74) is 4.86. The molecule has 2 aliphatic heterocycles. The van der Waals surface area contributed by atoms with E-state index in [1.807, 2.05) is 30.3 Å². The molecule has 0 spiro atoms. The molecule has 7 nitrogen and oxygen atoms in total. The number of esters is 1. The molecule has 0 unspecified atom stereocenters. The van der Waals surface area contributed by atoms with Crippen LogP contribution in [0.2, 0.25) is 0 Å². The zero-order chi connectivity index (χ0) is 23.8. The van der Waals surface area contributed by atoms with Crippen LogP contribution in [0.4, 0.5) is 0 Å². The van der Waals surface area contributed by atoms with Gasteiger partial charge in [0.1, 0.15) is 4.88 Å². The van der Waals surface area contributed by atoms with Crippen molar-refractivity contribution >= 4 is 23.2 Å². The van der Waals surface area contributed by atoms with Crippen molar-refractivity contribution in [2.24, 2.45) is 0 Å². The lowest BCUT2D eigenvalue weighted by molar-refractivity contribution is -0.136. The third kappa shape index (κ3) is 4.51. The van der Waals surface area contributed by atoms with Crippen LogP contribution in [0.5, 0.6) is 11.5 Å². The van der Waals surface area contributed by atoms with Crippen LogP contribution in [0, 0.1) is 0 Å². The van der Waals surface area contributed by atoms with Crippen molar-refractivity contribution in [3.63, 3.8) is 0 Å². The molecule has 0 radical (unpaired) electrons. The zero-order valence-corrected chi connectivity index (χ0v) is 20.1. The largest absolute Gasteiger partial charge is 0.454 e. The van der Waals surface area contributed by atoms with Crippen molar-refractivity contribution < 1.29 is 23.8 Å². The average Bonchev–Trinajstić information content (AvgIpc) is 3.54. The summed E-state index contributed by atoms with van der Waals surface area (Å²) in [5.74, 6) is 1.00. The fraction of sp³-hybridized carbons (Fsp3) is 0.333. The second-order valence-electron chi connectivity index (χ2n) is 9.04. The number of nitrogens with zero attached hydrogens (tertiary/aromatic N) is 2. The van der Waals surface area contributed by atoms with Crippen LogP contribution in [0.25, 0.3) is 10.4 Å². The number of fused-ring (bicyclic) bond motifs is 4. The summed E-state index contributed by atoms with van der Waals surface area (Å²) >= 11 is 1.46. The third-order valence-corrected chi connectivity index (χ3v) is 8.02.